The molecule has 11 heavy (non-hydrogen) atoms. The molecule has 68 valence electrons. The third-order valence-electron chi connectivity index (χ3n) is 2.28. The van der Waals surface area contributed by atoms with Crippen LogP contribution < -0.4 is 0 Å². The van der Waals surface area contributed by atoms with Gasteiger partial charge in [-0.1, -0.05) is 27.7 Å². The highest BCUT2D eigenvalue weighted by Gasteiger charge is 2.36. The second kappa shape index (κ2) is 3.12. The maximum absolute atomic E-state index is 13.5. The fourth-order valence-corrected chi connectivity index (χ4v) is 2.13. The lowest BCUT2D eigenvalue weighted by atomic mass is 9.71. The van der Waals surface area contributed by atoms with Gasteiger partial charge in [-0.05, 0) is 31.6 Å². The molecule has 0 radical (unpaired) electrons. The van der Waals surface area contributed by atoms with E-state index in [0.29, 0.717) is 0 Å². The van der Waals surface area contributed by atoms with Gasteiger partial charge in [-0.25, -0.2) is 4.39 Å². The summed E-state index contributed by atoms with van der Waals surface area (Å²) in [7, 11) is 0. The van der Waals surface area contributed by atoms with Crippen LogP contribution in [0.25, 0.3) is 0 Å². The van der Waals surface area contributed by atoms with Crippen molar-refractivity contribution in [2.45, 2.75) is 53.6 Å². The van der Waals surface area contributed by atoms with E-state index in [9.17, 15) is 4.39 Å². The van der Waals surface area contributed by atoms with Crippen LogP contribution in [0, 0.1) is 11.3 Å². The SMILES string of the molecule is CC[C@H](C(C)(C)C)C(C)(C)F. The summed E-state index contributed by atoms with van der Waals surface area (Å²) in [6.45, 7) is 11.7. The maximum atomic E-state index is 13.5. The van der Waals surface area contributed by atoms with E-state index in [-0.39, 0.29) is 11.3 Å². The van der Waals surface area contributed by atoms with Gasteiger partial charge in [0.25, 0.3) is 0 Å². The van der Waals surface area contributed by atoms with Crippen molar-refractivity contribution < 1.29 is 4.39 Å². The van der Waals surface area contributed by atoms with Gasteiger partial charge in [-0.2, -0.15) is 0 Å². The first-order chi connectivity index (χ1) is 4.69. The molecule has 0 nitrogen and oxygen atoms in total. The average Bonchev–Trinajstić information content (AvgIpc) is 1.56. The Labute approximate surface area is 70.2 Å². The van der Waals surface area contributed by atoms with Crippen LogP contribution in [0.4, 0.5) is 4.39 Å². The number of rotatable bonds is 2. The number of hydrogen-bond donors (Lipinski definition) is 0. The van der Waals surface area contributed by atoms with E-state index in [1.165, 1.54) is 0 Å². The van der Waals surface area contributed by atoms with Crippen LogP contribution in [0.5, 0.6) is 0 Å². The summed E-state index contributed by atoms with van der Waals surface area (Å²) in [6.07, 6.45) is 0.910. The van der Waals surface area contributed by atoms with Crippen LogP contribution in [0.3, 0.4) is 0 Å². The van der Waals surface area contributed by atoms with E-state index < -0.39 is 5.67 Å². The highest BCUT2D eigenvalue weighted by atomic mass is 19.1. The predicted octanol–water partition coefficient (Wildman–Crippen LogP) is 3.81. The highest BCUT2D eigenvalue weighted by Crippen LogP contribution is 2.38. The molecule has 0 aliphatic heterocycles. The molecular formula is C10H21F. The first-order valence-corrected chi connectivity index (χ1v) is 4.38. The lowest BCUT2D eigenvalue weighted by Crippen LogP contribution is -2.35. The van der Waals surface area contributed by atoms with Gasteiger partial charge in [0.05, 0.1) is 0 Å². The monoisotopic (exact) mass is 160 g/mol. The summed E-state index contributed by atoms with van der Waals surface area (Å²) < 4.78 is 13.5. The molecule has 1 heteroatoms. The second-order valence-electron chi connectivity index (χ2n) is 4.89. The predicted molar refractivity (Wildman–Crippen MR) is 48.4 cm³/mol. The second-order valence-corrected chi connectivity index (χ2v) is 4.89. The lowest BCUT2D eigenvalue weighted by Gasteiger charge is -2.37. The topological polar surface area (TPSA) is 0 Å². The van der Waals surface area contributed by atoms with Crippen molar-refractivity contribution in [3.8, 4) is 0 Å². The largest absolute Gasteiger partial charge is 0.244 e. The number of alkyl halides is 1. The van der Waals surface area contributed by atoms with Gasteiger partial charge in [-0.3, -0.25) is 0 Å². The molecular weight excluding hydrogens is 139 g/mol. The normalized spacial score (nSPS) is 16.6. The van der Waals surface area contributed by atoms with Crippen molar-refractivity contribution in [2.75, 3.05) is 0 Å². The van der Waals surface area contributed by atoms with E-state index in [0.717, 1.165) is 6.42 Å². The van der Waals surface area contributed by atoms with Crippen LogP contribution in [0.15, 0.2) is 0 Å². The summed E-state index contributed by atoms with van der Waals surface area (Å²) >= 11 is 0. The minimum Gasteiger partial charge on any atom is -0.244 e. The van der Waals surface area contributed by atoms with Crippen molar-refractivity contribution in [1.29, 1.82) is 0 Å². The van der Waals surface area contributed by atoms with Crippen LogP contribution >= 0.6 is 0 Å². The average molecular weight is 160 g/mol. The standard InChI is InChI=1S/C10H21F/c1-7-8(9(2,3)4)10(5,6)11/h8H,7H2,1-6H3/t8-/m1/s1. The van der Waals surface area contributed by atoms with Crippen LogP contribution in [-0.4, -0.2) is 5.67 Å². The summed E-state index contributed by atoms with van der Waals surface area (Å²) in [5, 5.41) is 0. The van der Waals surface area contributed by atoms with Crippen molar-refractivity contribution in [2.24, 2.45) is 11.3 Å². The zero-order valence-corrected chi connectivity index (χ0v) is 8.66. The molecule has 1 atom stereocenters. The first-order valence-electron chi connectivity index (χ1n) is 4.38. The van der Waals surface area contributed by atoms with Gasteiger partial charge < -0.3 is 0 Å². The molecule has 0 N–H and O–H groups in total. The summed E-state index contributed by atoms with van der Waals surface area (Å²) in [5.74, 6) is 0.148. The van der Waals surface area contributed by atoms with Gasteiger partial charge >= 0.3 is 0 Å². The molecule has 0 rings (SSSR count). The Hall–Kier alpha value is -0.0700. The van der Waals surface area contributed by atoms with Gasteiger partial charge in [0, 0.05) is 0 Å². The van der Waals surface area contributed by atoms with Crippen molar-refractivity contribution in [3.05, 3.63) is 0 Å². The van der Waals surface area contributed by atoms with Crippen molar-refractivity contribution >= 4 is 0 Å². The fourth-order valence-electron chi connectivity index (χ4n) is 2.13. The van der Waals surface area contributed by atoms with Crippen LogP contribution in [0.2, 0.25) is 0 Å². The highest BCUT2D eigenvalue weighted by molar-refractivity contribution is 4.85. The van der Waals surface area contributed by atoms with Crippen LogP contribution in [0.1, 0.15) is 48.0 Å². The zero-order valence-electron chi connectivity index (χ0n) is 8.66. The van der Waals surface area contributed by atoms with Crippen molar-refractivity contribution in [3.63, 3.8) is 0 Å². The zero-order chi connectivity index (χ0) is 9.28. The quantitative estimate of drug-likeness (QED) is 0.576. The van der Waals surface area contributed by atoms with Gasteiger partial charge in [0.2, 0.25) is 0 Å². The third kappa shape index (κ3) is 3.22. The fraction of sp³-hybridized carbons (Fsp3) is 1.00. The Kier molecular flexibility index (Phi) is 3.10. The number of hydrogen-bond acceptors (Lipinski definition) is 0. The Morgan fingerprint density at radius 1 is 1.09 bits per heavy atom. The van der Waals surface area contributed by atoms with Crippen LogP contribution in [-0.2, 0) is 0 Å². The van der Waals surface area contributed by atoms with E-state index in [4.69, 9.17) is 0 Å². The molecule has 0 saturated heterocycles. The molecule has 0 amide bonds. The molecule has 0 aromatic heterocycles. The molecule has 0 fully saturated rings. The van der Waals surface area contributed by atoms with Gasteiger partial charge in [-0.15, -0.1) is 0 Å². The Balaban J connectivity index is 4.43. The lowest BCUT2D eigenvalue weighted by molar-refractivity contribution is 0.0407. The van der Waals surface area contributed by atoms with E-state index in [2.05, 4.69) is 27.7 Å². The molecule has 0 bridgehead atoms. The minimum absolute atomic E-state index is 0.0764. The Bertz CT molecular complexity index is 99.8. The summed E-state index contributed by atoms with van der Waals surface area (Å²) in [4.78, 5) is 0. The molecule has 0 unspecified atom stereocenters. The smallest absolute Gasteiger partial charge is 0.108 e. The van der Waals surface area contributed by atoms with E-state index in [1.807, 2.05) is 0 Å². The molecule has 0 spiro atoms. The molecule has 0 aromatic carbocycles. The van der Waals surface area contributed by atoms with Gasteiger partial charge in [0.15, 0.2) is 0 Å². The maximum Gasteiger partial charge on any atom is 0.108 e. The minimum atomic E-state index is -1.05. The molecule has 0 saturated carbocycles. The van der Waals surface area contributed by atoms with Gasteiger partial charge in [0.1, 0.15) is 5.67 Å². The molecule has 0 aliphatic carbocycles. The molecule has 0 aromatic rings. The Morgan fingerprint density at radius 3 is 1.45 bits per heavy atom. The summed E-state index contributed by atoms with van der Waals surface area (Å²) in [5.41, 5.74) is -0.972. The molecule has 0 aliphatic rings. The number of halogens is 1. The van der Waals surface area contributed by atoms with Crippen molar-refractivity contribution in [1.82, 2.24) is 0 Å². The molecule has 0 heterocycles. The third-order valence-corrected chi connectivity index (χ3v) is 2.28. The first kappa shape index (κ1) is 10.9. The Morgan fingerprint density at radius 2 is 1.45 bits per heavy atom. The van der Waals surface area contributed by atoms with E-state index in [1.54, 1.807) is 13.8 Å². The van der Waals surface area contributed by atoms with E-state index >= 15 is 0 Å². The summed E-state index contributed by atoms with van der Waals surface area (Å²) in [6, 6.07) is 0.